The first-order valence-electron chi connectivity index (χ1n) is 9.90. The normalized spacial score (nSPS) is 12.2. The van der Waals surface area contributed by atoms with E-state index in [9.17, 15) is 4.79 Å². The summed E-state index contributed by atoms with van der Waals surface area (Å²) in [6.45, 7) is 7.71. The zero-order valence-electron chi connectivity index (χ0n) is 18.9. The fraction of sp³-hybridized carbons (Fsp3) is 0.240. The third-order valence-electron chi connectivity index (χ3n) is 4.21. The number of methoxy groups -OCH3 is 1. The summed E-state index contributed by atoms with van der Waals surface area (Å²) in [5.74, 6) is 1.41. The molecule has 1 unspecified atom stereocenters. The average Bonchev–Trinajstić information content (AvgIpc) is 2.81. The highest BCUT2D eigenvalue weighted by molar-refractivity contribution is 5.82. The number of carbonyl (C=O) groups is 1. The molecule has 6 heteroatoms. The van der Waals surface area contributed by atoms with Crippen molar-refractivity contribution in [2.45, 2.75) is 19.9 Å². The van der Waals surface area contributed by atoms with Crippen LogP contribution in [0.2, 0.25) is 0 Å². The van der Waals surface area contributed by atoms with Crippen LogP contribution >= 0.6 is 0 Å². The first-order valence-corrected chi connectivity index (χ1v) is 9.90. The maximum Gasteiger partial charge on any atom is 0.153 e. The Labute approximate surface area is 185 Å². The molecule has 2 rings (SSSR count). The van der Waals surface area contributed by atoms with Gasteiger partial charge in [0.05, 0.1) is 12.7 Å². The van der Waals surface area contributed by atoms with Gasteiger partial charge in [-0.15, -0.1) is 6.58 Å². The Morgan fingerprint density at radius 2 is 2.06 bits per heavy atom. The second-order valence-corrected chi connectivity index (χ2v) is 6.59. The summed E-state index contributed by atoms with van der Waals surface area (Å²) in [5, 5.41) is 6.13. The van der Waals surface area contributed by atoms with E-state index < -0.39 is 0 Å². The maximum absolute atomic E-state index is 10.4. The van der Waals surface area contributed by atoms with E-state index in [2.05, 4.69) is 27.2 Å². The number of aliphatic imine (C=N–C) groups is 1. The second kappa shape index (κ2) is 14.5. The van der Waals surface area contributed by atoms with Crippen LogP contribution in [0.25, 0.3) is 0 Å². The van der Waals surface area contributed by atoms with Crippen LogP contribution in [0.4, 0.5) is 11.5 Å². The maximum atomic E-state index is 10.4. The summed E-state index contributed by atoms with van der Waals surface area (Å²) in [6.07, 6.45) is 12.2. The van der Waals surface area contributed by atoms with Gasteiger partial charge in [0.2, 0.25) is 0 Å². The van der Waals surface area contributed by atoms with Gasteiger partial charge >= 0.3 is 0 Å². The number of hydrogen-bond acceptors (Lipinski definition) is 6. The zero-order valence-corrected chi connectivity index (χ0v) is 18.9. The molecular weight excluding hydrogens is 388 g/mol. The van der Waals surface area contributed by atoms with Gasteiger partial charge in [-0.1, -0.05) is 30.4 Å². The lowest BCUT2D eigenvalue weighted by Crippen LogP contribution is -2.19. The van der Waals surface area contributed by atoms with E-state index in [4.69, 9.17) is 4.74 Å². The minimum atomic E-state index is 0.185. The molecule has 0 fully saturated rings. The first kappa shape index (κ1) is 25.5. The number of benzene rings is 1. The van der Waals surface area contributed by atoms with Crippen molar-refractivity contribution in [3.63, 3.8) is 0 Å². The molecule has 2 N–H and O–H groups in total. The van der Waals surface area contributed by atoms with Crippen molar-refractivity contribution in [3.05, 3.63) is 84.1 Å². The predicted molar refractivity (Wildman–Crippen MR) is 131 cm³/mol. The Morgan fingerprint density at radius 3 is 2.68 bits per heavy atom. The Bertz CT molecular complexity index is 933. The lowest BCUT2D eigenvalue weighted by molar-refractivity contribution is 0.112. The lowest BCUT2D eigenvalue weighted by atomic mass is 10.1. The van der Waals surface area contributed by atoms with Crippen LogP contribution < -0.4 is 15.4 Å². The fourth-order valence-electron chi connectivity index (χ4n) is 2.44. The number of anilines is 1. The molecule has 0 bridgehead atoms. The van der Waals surface area contributed by atoms with Gasteiger partial charge in [0.15, 0.2) is 12.1 Å². The van der Waals surface area contributed by atoms with Crippen LogP contribution in [0.3, 0.4) is 0 Å². The molecule has 164 valence electrons. The Balaban J connectivity index is 0.000000367. The number of aldehydes is 1. The van der Waals surface area contributed by atoms with Crippen molar-refractivity contribution in [2.75, 3.05) is 26.5 Å². The van der Waals surface area contributed by atoms with Gasteiger partial charge in [0.25, 0.3) is 0 Å². The summed E-state index contributed by atoms with van der Waals surface area (Å²) in [6, 6.07) is 9.45. The number of likely N-dealkylation sites (N-methyl/N-ethyl adjacent to an activating group) is 1. The largest absolute Gasteiger partial charge is 0.496 e. The van der Waals surface area contributed by atoms with Crippen LogP contribution in [-0.2, 0) is 0 Å². The van der Waals surface area contributed by atoms with Gasteiger partial charge in [-0.2, -0.15) is 0 Å². The van der Waals surface area contributed by atoms with E-state index >= 15 is 0 Å². The molecule has 0 saturated carbocycles. The van der Waals surface area contributed by atoms with Gasteiger partial charge in [0, 0.05) is 25.5 Å². The molecule has 0 spiro atoms. The van der Waals surface area contributed by atoms with Gasteiger partial charge < -0.3 is 15.4 Å². The number of pyridine rings is 1. The second-order valence-electron chi connectivity index (χ2n) is 6.59. The number of aryl methyl sites for hydroxylation is 1. The van der Waals surface area contributed by atoms with E-state index in [1.54, 1.807) is 19.4 Å². The Morgan fingerprint density at radius 1 is 1.29 bits per heavy atom. The predicted octanol–water partition coefficient (Wildman–Crippen LogP) is 4.92. The van der Waals surface area contributed by atoms with Crippen molar-refractivity contribution in [1.82, 2.24) is 10.3 Å². The van der Waals surface area contributed by atoms with Gasteiger partial charge in [-0.05, 0) is 56.3 Å². The summed E-state index contributed by atoms with van der Waals surface area (Å²) in [7, 11) is 5.29. The zero-order chi connectivity index (χ0) is 23.1. The summed E-state index contributed by atoms with van der Waals surface area (Å²) >= 11 is 0. The number of allylic oxidation sites excluding steroid dienone is 3. The van der Waals surface area contributed by atoms with Crippen molar-refractivity contribution in [1.29, 1.82) is 0 Å². The molecule has 6 nitrogen and oxygen atoms in total. The highest BCUT2D eigenvalue weighted by Crippen LogP contribution is 2.20. The molecule has 1 atom stereocenters. The van der Waals surface area contributed by atoms with Crippen LogP contribution in [0.5, 0.6) is 5.75 Å². The first-order chi connectivity index (χ1) is 15.0. The molecule has 1 aromatic heterocycles. The van der Waals surface area contributed by atoms with Crippen molar-refractivity contribution >= 4 is 24.0 Å². The molecule has 0 amide bonds. The van der Waals surface area contributed by atoms with Crippen LogP contribution in [-0.4, -0.2) is 44.7 Å². The van der Waals surface area contributed by atoms with Gasteiger partial charge in [-0.3, -0.25) is 9.79 Å². The number of hydrogen-bond donors (Lipinski definition) is 2. The van der Waals surface area contributed by atoms with Gasteiger partial charge in [0.1, 0.15) is 11.4 Å². The monoisotopic (exact) mass is 420 g/mol. The molecule has 0 radical (unpaired) electrons. The summed E-state index contributed by atoms with van der Waals surface area (Å²) in [4.78, 5) is 19.0. The molecular formula is C25H32N4O2. The standard InChI is InChI=1S/C16H22N4.C9H10O2/c1-5-14(17-3)9-6-8-13(2)12-20-15-10-7-11-19-16(15)18-4;1-7-3-4-8(6-10)9(5-7)11-2/h5-12,14,17H,1H2,2-4H3,(H,18,19);3-6H,1-2H3/b9-6?,13-8+,20-12?;. The van der Waals surface area contributed by atoms with Gasteiger partial charge in [-0.25, -0.2) is 4.98 Å². The number of nitrogens with one attached hydrogen (secondary N) is 2. The van der Waals surface area contributed by atoms with E-state index in [0.29, 0.717) is 11.3 Å². The molecule has 0 aliphatic heterocycles. The fourth-order valence-corrected chi connectivity index (χ4v) is 2.44. The Hall–Kier alpha value is -3.51. The highest BCUT2D eigenvalue weighted by Gasteiger charge is 1.99. The topological polar surface area (TPSA) is 75.6 Å². The molecule has 1 heterocycles. The molecule has 2 aromatic rings. The molecule has 31 heavy (non-hydrogen) atoms. The van der Waals surface area contributed by atoms with Crippen molar-refractivity contribution in [2.24, 2.45) is 4.99 Å². The molecule has 0 saturated heterocycles. The number of aromatic nitrogens is 1. The number of nitrogens with zero attached hydrogens (tertiary/aromatic N) is 2. The third kappa shape index (κ3) is 9.23. The highest BCUT2D eigenvalue weighted by atomic mass is 16.5. The molecule has 1 aromatic carbocycles. The smallest absolute Gasteiger partial charge is 0.153 e. The molecule has 0 aliphatic rings. The SMILES string of the molecule is C=CC(C=C/C=C(\C)C=Nc1cccnc1NC)NC.COc1cc(C)ccc1C=O. The summed E-state index contributed by atoms with van der Waals surface area (Å²) < 4.78 is 4.99. The number of ether oxygens (including phenoxy) is 1. The molecule has 0 aliphatic carbocycles. The average molecular weight is 421 g/mol. The van der Waals surface area contributed by atoms with E-state index in [1.807, 2.05) is 82.7 Å². The van der Waals surface area contributed by atoms with Crippen molar-refractivity contribution in [3.8, 4) is 5.75 Å². The van der Waals surface area contributed by atoms with Crippen LogP contribution in [0.1, 0.15) is 22.8 Å². The third-order valence-corrected chi connectivity index (χ3v) is 4.21. The Kier molecular flexibility index (Phi) is 11.9. The van der Waals surface area contributed by atoms with E-state index in [0.717, 1.165) is 28.9 Å². The quantitative estimate of drug-likeness (QED) is 0.261. The minimum absolute atomic E-state index is 0.185. The van der Waals surface area contributed by atoms with E-state index in [1.165, 1.54) is 0 Å². The minimum Gasteiger partial charge on any atom is -0.496 e. The van der Waals surface area contributed by atoms with Crippen LogP contribution in [0.15, 0.2) is 78.0 Å². The van der Waals surface area contributed by atoms with E-state index in [-0.39, 0.29) is 6.04 Å². The van der Waals surface area contributed by atoms with Crippen molar-refractivity contribution < 1.29 is 9.53 Å². The number of rotatable bonds is 9. The van der Waals surface area contributed by atoms with Crippen LogP contribution in [0, 0.1) is 6.92 Å². The lowest BCUT2D eigenvalue weighted by Gasteiger charge is -2.03. The number of carbonyl (C=O) groups excluding carboxylic acids is 1. The summed E-state index contributed by atoms with van der Waals surface area (Å²) in [5.41, 5.74) is 3.57.